The molecule has 2 rings (SSSR count). The summed E-state index contributed by atoms with van der Waals surface area (Å²) >= 11 is 0. The average molecular weight is 216 g/mol. The maximum absolute atomic E-state index is 10.2. The molecular formula is C14H16O2. The van der Waals surface area contributed by atoms with Crippen LogP contribution in [-0.4, -0.2) is 21.9 Å². The lowest BCUT2D eigenvalue weighted by atomic mass is 9.82. The molecule has 0 aliphatic heterocycles. The third-order valence-electron chi connectivity index (χ3n) is 3.03. The van der Waals surface area contributed by atoms with Gasteiger partial charge in [0.05, 0.1) is 6.10 Å². The van der Waals surface area contributed by atoms with Crippen molar-refractivity contribution in [3.63, 3.8) is 0 Å². The van der Waals surface area contributed by atoms with Gasteiger partial charge in [-0.05, 0) is 31.4 Å². The maximum atomic E-state index is 10.2. The Hall–Kier alpha value is -1.30. The van der Waals surface area contributed by atoms with E-state index in [4.69, 9.17) is 0 Å². The molecule has 0 heterocycles. The van der Waals surface area contributed by atoms with E-state index in [9.17, 15) is 10.2 Å². The summed E-state index contributed by atoms with van der Waals surface area (Å²) in [5.74, 6) is 5.74. The SMILES string of the molecule is OC1CCCCC1(O)C#Cc1ccccc1. The van der Waals surface area contributed by atoms with Crippen LogP contribution in [0.3, 0.4) is 0 Å². The maximum Gasteiger partial charge on any atom is 0.151 e. The molecule has 0 spiro atoms. The van der Waals surface area contributed by atoms with Crippen LogP contribution in [0.5, 0.6) is 0 Å². The summed E-state index contributed by atoms with van der Waals surface area (Å²) in [6.07, 6.45) is 2.39. The van der Waals surface area contributed by atoms with E-state index in [-0.39, 0.29) is 0 Å². The van der Waals surface area contributed by atoms with E-state index in [1.165, 1.54) is 0 Å². The van der Waals surface area contributed by atoms with Gasteiger partial charge < -0.3 is 10.2 Å². The highest BCUT2D eigenvalue weighted by Gasteiger charge is 2.35. The Bertz CT molecular complexity index is 402. The van der Waals surface area contributed by atoms with Gasteiger partial charge in [-0.1, -0.05) is 36.5 Å². The van der Waals surface area contributed by atoms with Gasteiger partial charge in [0.15, 0.2) is 5.60 Å². The fourth-order valence-electron chi connectivity index (χ4n) is 1.99. The fourth-order valence-corrected chi connectivity index (χ4v) is 1.99. The molecule has 2 atom stereocenters. The molecule has 1 aromatic carbocycles. The second kappa shape index (κ2) is 4.69. The van der Waals surface area contributed by atoms with Gasteiger partial charge in [-0.15, -0.1) is 0 Å². The van der Waals surface area contributed by atoms with Crippen molar-refractivity contribution in [2.24, 2.45) is 0 Å². The minimum Gasteiger partial charge on any atom is -0.389 e. The first-order valence-electron chi connectivity index (χ1n) is 5.69. The van der Waals surface area contributed by atoms with Crippen LogP contribution in [0, 0.1) is 11.8 Å². The van der Waals surface area contributed by atoms with E-state index in [1.807, 2.05) is 30.3 Å². The Labute approximate surface area is 95.9 Å². The first kappa shape index (κ1) is 11.2. The monoisotopic (exact) mass is 216 g/mol. The Balaban J connectivity index is 2.17. The minimum absolute atomic E-state index is 0.563. The number of aliphatic hydroxyl groups excluding tert-OH is 1. The molecule has 16 heavy (non-hydrogen) atoms. The van der Waals surface area contributed by atoms with E-state index in [1.54, 1.807) is 0 Å². The van der Waals surface area contributed by atoms with Crippen molar-refractivity contribution in [3.8, 4) is 11.8 Å². The zero-order valence-electron chi connectivity index (χ0n) is 9.19. The zero-order valence-corrected chi connectivity index (χ0v) is 9.19. The van der Waals surface area contributed by atoms with E-state index in [2.05, 4.69) is 11.8 Å². The summed E-state index contributed by atoms with van der Waals surface area (Å²) in [7, 11) is 0. The number of rotatable bonds is 0. The van der Waals surface area contributed by atoms with Gasteiger partial charge in [-0.3, -0.25) is 0 Å². The van der Waals surface area contributed by atoms with E-state index in [0.717, 1.165) is 18.4 Å². The second-order valence-corrected chi connectivity index (χ2v) is 4.30. The zero-order chi connectivity index (χ0) is 11.4. The predicted octanol–water partition coefficient (Wildman–Crippen LogP) is 1.70. The molecule has 1 aromatic rings. The third kappa shape index (κ3) is 2.44. The van der Waals surface area contributed by atoms with Crippen molar-refractivity contribution in [2.45, 2.75) is 37.4 Å². The molecule has 0 amide bonds. The quantitative estimate of drug-likeness (QED) is 0.648. The second-order valence-electron chi connectivity index (χ2n) is 4.30. The lowest BCUT2D eigenvalue weighted by molar-refractivity contribution is -0.0584. The first-order chi connectivity index (χ1) is 7.71. The van der Waals surface area contributed by atoms with Gasteiger partial charge in [-0.25, -0.2) is 0 Å². The van der Waals surface area contributed by atoms with Gasteiger partial charge >= 0.3 is 0 Å². The van der Waals surface area contributed by atoms with Crippen molar-refractivity contribution in [2.75, 3.05) is 0 Å². The molecule has 84 valence electrons. The highest BCUT2D eigenvalue weighted by atomic mass is 16.3. The lowest BCUT2D eigenvalue weighted by Gasteiger charge is -2.32. The Morgan fingerprint density at radius 1 is 1.19 bits per heavy atom. The molecule has 2 nitrogen and oxygen atoms in total. The van der Waals surface area contributed by atoms with Crippen LogP contribution in [0.1, 0.15) is 31.2 Å². The van der Waals surface area contributed by atoms with Gasteiger partial charge in [0, 0.05) is 5.56 Å². The molecule has 0 bridgehead atoms. The first-order valence-corrected chi connectivity index (χ1v) is 5.69. The molecule has 1 saturated carbocycles. The van der Waals surface area contributed by atoms with E-state index >= 15 is 0 Å². The molecule has 2 N–H and O–H groups in total. The average Bonchev–Trinajstić information content (AvgIpc) is 2.32. The summed E-state index contributed by atoms with van der Waals surface area (Å²) in [5.41, 5.74) is -0.345. The third-order valence-corrected chi connectivity index (χ3v) is 3.03. The normalized spacial score (nSPS) is 29.2. The summed E-state index contributed by atoms with van der Waals surface area (Å²) in [5, 5.41) is 19.9. The lowest BCUT2D eigenvalue weighted by Crippen LogP contribution is -2.43. The van der Waals surface area contributed by atoms with Crippen LogP contribution < -0.4 is 0 Å². The van der Waals surface area contributed by atoms with E-state index < -0.39 is 11.7 Å². The van der Waals surface area contributed by atoms with Crippen molar-refractivity contribution in [1.29, 1.82) is 0 Å². The summed E-state index contributed by atoms with van der Waals surface area (Å²) in [4.78, 5) is 0. The summed E-state index contributed by atoms with van der Waals surface area (Å²) in [6.45, 7) is 0. The molecule has 2 heteroatoms. The number of aliphatic hydroxyl groups is 2. The predicted molar refractivity (Wildman–Crippen MR) is 62.7 cm³/mol. The van der Waals surface area contributed by atoms with Crippen molar-refractivity contribution in [3.05, 3.63) is 35.9 Å². The van der Waals surface area contributed by atoms with Crippen molar-refractivity contribution < 1.29 is 10.2 Å². The van der Waals surface area contributed by atoms with Crippen LogP contribution in [0.4, 0.5) is 0 Å². The Morgan fingerprint density at radius 2 is 1.94 bits per heavy atom. The number of hydrogen-bond donors (Lipinski definition) is 2. The van der Waals surface area contributed by atoms with Crippen LogP contribution in [0.25, 0.3) is 0 Å². The van der Waals surface area contributed by atoms with Crippen LogP contribution in [-0.2, 0) is 0 Å². The standard InChI is InChI=1S/C14H16O2/c15-13-8-4-5-10-14(13,16)11-9-12-6-2-1-3-7-12/h1-3,6-7,13,15-16H,4-5,8,10H2. The van der Waals surface area contributed by atoms with Crippen LogP contribution >= 0.6 is 0 Å². The molecule has 1 fully saturated rings. The summed E-state index contributed by atoms with van der Waals surface area (Å²) < 4.78 is 0. The molecule has 0 aromatic heterocycles. The topological polar surface area (TPSA) is 40.5 Å². The highest BCUT2D eigenvalue weighted by molar-refractivity contribution is 5.36. The minimum atomic E-state index is -1.21. The molecule has 0 radical (unpaired) electrons. The van der Waals surface area contributed by atoms with Gasteiger partial charge in [0.25, 0.3) is 0 Å². The van der Waals surface area contributed by atoms with Gasteiger partial charge in [-0.2, -0.15) is 0 Å². The Morgan fingerprint density at radius 3 is 2.62 bits per heavy atom. The fraction of sp³-hybridized carbons (Fsp3) is 0.429. The molecular weight excluding hydrogens is 200 g/mol. The summed E-state index contributed by atoms with van der Waals surface area (Å²) in [6, 6.07) is 9.53. The van der Waals surface area contributed by atoms with Crippen LogP contribution in [0.15, 0.2) is 30.3 Å². The van der Waals surface area contributed by atoms with Gasteiger partial charge in [0.2, 0.25) is 0 Å². The van der Waals surface area contributed by atoms with Crippen molar-refractivity contribution in [1.82, 2.24) is 0 Å². The number of benzene rings is 1. The van der Waals surface area contributed by atoms with Crippen molar-refractivity contribution >= 4 is 0 Å². The smallest absolute Gasteiger partial charge is 0.151 e. The molecule has 1 aliphatic carbocycles. The molecule has 0 saturated heterocycles. The number of hydrogen-bond acceptors (Lipinski definition) is 2. The van der Waals surface area contributed by atoms with Crippen LogP contribution in [0.2, 0.25) is 0 Å². The van der Waals surface area contributed by atoms with Gasteiger partial charge in [0.1, 0.15) is 0 Å². The van der Waals surface area contributed by atoms with E-state index in [0.29, 0.717) is 12.8 Å². The highest BCUT2D eigenvalue weighted by Crippen LogP contribution is 2.27. The largest absolute Gasteiger partial charge is 0.389 e. The molecule has 1 aliphatic rings. The Kier molecular flexibility index (Phi) is 3.28. The molecule has 2 unspecified atom stereocenters.